The van der Waals surface area contributed by atoms with Crippen LogP contribution in [0.3, 0.4) is 0 Å². The first kappa shape index (κ1) is 21.1. The fraction of sp³-hybridized carbons (Fsp3) is 0.600. The molecule has 0 atom stereocenters. The predicted octanol–water partition coefficient (Wildman–Crippen LogP) is 1.19. The van der Waals surface area contributed by atoms with Crippen LogP contribution < -0.4 is 17.2 Å². The van der Waals surface area contributed by atoms with Gasteiger partial charge in [-0.05, 0) is 39.2 Å². The Hall–Kier alpha value is -1.90. The van der Waals surface area contributed by atoms with Crippen molar-refractivity contribution in [3.63, 3.8) is 0 Å². The summed E-state index contributed by atoms with van der Waals surface area (Å²) >= 11 is 0. The van der Waals surface area contributed by atoms with Gasteiger partial charge in [0.15, 0.2) is 0 Å². The van der Waals surface area contributed by atoms with Crippen LogP contribution in [0.4, 0.5) is 4.79 Å². The Labute approximate surface area is 136 Å². The molecule has 2 rings (SSSR count). The number of carbonyl (C=O) groups excluding carboxylic acids is 1. The lowest BCUT2D eigenvalue weighted by atomic mass is 10.2. The van der Waals surface area contributed by atoms with E-state index < -0.39 is 0 Å². The first-order valence-electron chi connectivity index (χ1n) is 7.43. The van der Waals surface area contributed by atoms with Gasteiger partial charge in [0, 0.05) is 31.9 Å². The molecule has 23 heavy (non-hydrogen) atoms. The van der Waals surface area contributed by atoms with Crippen molar-refractivity contribution in [2.24, 2.45) is 11.6 Å². The van der Waals surface area contributed by atoms with Crippen molar-refractivity contribution in [2.75, 3.05) is 13.1 Å². The lowest BCUT2D eigenvalue weighted by molar-refractivity contribution is 0.0295. The third-order valence-electron chi connectivity index (χ3n) is 2.84. The quantitative estimate of drug-likeness (QED) is 0.572. The van der Waals surface area contributed by atoms with Gasteiger partial charge in [-0.1, -0.05) is 6.07 Å². The molecule has 0 aromatic carbocycles. The van der Waals surface area contributed by atoms with Gasteiger partial charge >= 0.3 is 6.09 Å². The number of rotatable bonds is 1. The van der Waals surface area contributed by atoms with Crippen LogP contribution in [0.5, 0.6) is 0 Å². The maximum absolute atomic E-state index is 11.4. The summed E-state index contributed by atoms with van der Waals surface area (Å²) in [4.78, 5) is 26.1. The van der Waals surface area contributed by atoms with E-state index in [1.54, 1.807) is 17.2 Å². The van der Waals surface area contributed by atoms with Gasteiger partial charge in [-0.2, -0.15) is 0 Å². The highest BCUT2D eigenvalue weighted by atomic mass is 16.6. The average Bonchev–Trinajstić information content (AvgIpc) is 3.04. The number of H-pyrrole nitrogens is 1. The molecule has 0 spiro atoms. The smallest absolute Gasteiger partial charge is 0.410 e. The molecule has 1 saturated heterocycles. The maximum Gasteiger partial charge on any atom is 0.410 e. The van der Waals surface area contributed by atoms with Crippen LogP contribution in [0, 0.1) is 0 Å². The molecule has 0 saturated carbocycles. The number of hydrogen-bond donors (Lipinski definition) is 4. The Bertz CT molecular complexity index is 484. The molecule has 0 aliphatic carbocycles. The molecule has 1 aromatic rings. The molecule has 1 aliphatic heterocycles. The summed E-state index contributed by atoms with van der Waals surface area (Å²) in [5, 5.41) is 6.50. The minimum Gasteiger partial charge on any atom is -0.444 e. The fourth-order valence-electron chi connectivity index (χ4n) is 1.80. The Kier molecular flexibility index (Phi) is 9.87. The summed E-state index contributed by atoms with van der Waals surface area (Å²) in [5.41, 5.74) is 5.77. The number of likely N-dealkylation sites (tertiary alicyclic amines) is 1. The summed E-state index contributed by atoms with van der Waals surface area (Å²) in [6, 6.07) is 3.17. The second-order valence-electron chi connectivity index (χ2n) is 5.94. The first-order valence-corrected chi connectivity index (χ1v) is 7.43. The van der Waals surface area contributed by atoms with E-state index in [1.807, 2.05) is 20.8 Å². The fourth-order valence-corrected chi connectivity index (χ4v) is 1.80. The van der Waals surface area contributed by atoms with Crippen molar-refractivity contribution in [3.8, 4) is 0 Å². The summed E-state index contributed by atoms with van der Waals surface area (Å²) in [6.45, 7) is 7.85. The van der Waals surface area contributed by atoms with E-state index in [0.29, 0.717) is 6.54 Å². The van der Waals surface area contributed by atoms with Crippen molar-refractivity contribution < 1.29 is 14.7 Å². The normalized spacial score (nSPS) is 13.4. The number of aromatic amines is 1. The van der Waals surface area contributed by atoms with Gasteiger partial charge in [0.2, 0.25) is 5.56 Å². The third kappa shape index (κ3) is 9.67. The van der Waals surface area contributed by atoms with Crippen LogP contribution in [-0.4, -0.2) is 39.9 Å². The van der Waals surface area contributed by atoms with E-state index in [2.05, 4.69) is 10.9 Å². The SMILES string of the molecule is CC(C)(C)OC(=O)N1CCCC1.NCc1ccc(=O)[nH]c1.NO. The van der Waals surface area contributed by atoms with Crippen LogP contribution >= 0.6 is 0 Å². The van der Waals surface area contributed by atoms with Crippen molar-refractivity contribution in [3.05, 3.63) is 34.2 Å². The van der Waals surface area contributed by atoms with E-state index in [4.69, 9.17) is 15.7 Å². The maximum atomic E-state index is 11.4. The number of nitrogens with zero attached hydrogens (tertiary/aromatic N) is 1. The van der Waals surface area contributed by atoms with Crippen LogP contribution in [-0.2, 0) is 11.3 Å². The molecule has 0 bridgehead atoms. The number of nitrogens with two attached hydrogens (primary N) is 2. The zero-order valence-electron chi connectivity index (χ0n) is 14.0. The molecule has 1 aliphatic rings. The molecule has 2 heterocycles. The molecule has 0 radical (unpaired) electrons. The van der Waals surface area contributed by atoms with Crippen LogP contribution in [0.2, 0.25) is 0 Å². The summed E-state index contributed by atoms with van der Waals surface area (Å²) in [7, 11) is 0. The molecular formula is C15H28N4O4. The van der Waals surface area contributed by atoms with Gasteiger partial charge in [0.05, 0.1) is 0 Å². The third-order valence-corrected chi connectivity index (χ3v) is 2.84. The lowest BCUT2D eigenvalue weighted by Crippen LogP contribution is -2.34. The number of nitrogens with one attached hydrogen (secondary N) is 1. The van der Waals surface area contributed by atoms with Gasteiger partial charge in [-0.15, -0.1) is 0 Å². The van der Waals surface area contributed by atoms with Crippen LogP contribution in [0.25, 0.3) is 0 Å². The molecule has 8 nitrogen and oxygen atoms in total. The van der Waals surface area contributed by atoms with E-state index >= 15 is 0 Å². The highest BCUT2D eigenvalue weighted by Gasteiger charge is 2.23. The minimum atomic E-state index is -0.361. The largest absolute Gasteiger partial charge is 0.444 e. The van der Waals surface area contributed by atoms with Gasteiger partial charge in [-0.25, -0.2) is 10.7 Å². The molecule has 0 unspecified atom stereocenters. The van der Waals surface area contributed by atoms with E-state index in [1.165, 1.54) is 6.07 Å². The number of ether oxygens (including phenoxy) is 1. The topological polar surface area (TPSA) is 135 Å². The summed E-state index contributed by atoms with van der Waals surface area (Å²) < 4.78 is 5.21. The summed E-state index contributed by atoms with van der Waals surface area (Å²) in [6.07, 6.45) is 3.67. The van der Waals surface area contributed by atoms with Gasteiger partial charge in [0.1, 0.15) is 5.60 Å². The van der Waals surface area contributed by atoms with E-state index in [9.17, 15) is 9.59 Å². The molecule has 6 N–H and O–H groups in total. The van der Waals surface area contributed by atoms with Crippen molar-refractivity contribution in [1.82, 2.24) is 9.88 Å². The number of pyridine rings is 1. The molecular weight excluding hydrogens is 300 g/mol. The van der Waals surface area contributed by atoms with Crippen LogP contribution in [0.15, 0.2) is 23.1 Å². The van der Waals surface area contributed by atoms with Crippen molar-refractivity contribution >= 4 is 6.09 Å². The second-order valence-corrected chi connectivity index (χ2v) is 5.94. The number of hydrogen-bond acceptors (Lipinski definition) is 6. The standard InChI is InChI=1S/C9H17NO2.C6H8N2O.H3NO/c1-9(2,3)12-8(11)10-6-4-5-7-10;7-3-5-1-2-6(9)8-4-5;1-2/h4-7H2,1-3H3;1-2,4H,3,7H2,(H,8,9);2H,1H2. The average molecular weight is 328 g/mol. The Morgan fingerprint density at radius 3 is 2.26 bits per heavy atom. The van der Waals surface area contributed by atoms with Gasteiger partial charge in [-0.3, -0.25) is 4.79 Å². The Morgan fingerprint density at radius 1 is 1.30 bits per heavy atom. The molecule has 8 heteroatoms. The molecule has 1 amide bonds. The van der Waals surface area contributed by atoms with Crippen LogP contribution in [0.1, 0.15) is 39.2 Å². The van der Waals surface area contributed by atoms with Crippen molar-refractivity contribution in [1.29, 1.82) is 0 Å². The minimum absolute atomic E-state index is 0.0906. The zero-order chi connectivity index (χ0) is 17.9. The van der Waals surface area contributed by atoms with Crippen molar-refractivity contribution in [2.45, 2.75) is 45.8 Å². The monoisotopic (exact) mass is 328 g/mol. The first-order chi connectivity index (χ1) is 10.8. The van der Waals surface area contributed by atoms with E-state index in [0.717, 1.165) is 31.5 Å². The Balaban J connectivity index is 0.000000392. The van der Waals surface area contributed by atoms with E-state index in [-0.39, 0.29) is 17.3 Å². The number of aromatic nitrogens is 1. The number of amides is 1. The molecule has 1 aromatic heterocycles. The Morgan fingerprint density at radius 2 is 1.87 bits per heavy atom. The second kappa shape index (κ2) is 10.8. The van der Waals surface area contributed by atoms with Gasteiger partial charge in [0.25, 0.3) is 0 Å². The number of carbonyl (C=O) groups is 1. The molecule has 1 fully saturated rings. The highest BCUT2D eigenvalue weighted by molar-refractivity contribution is 5.68. The van der Waals surface area contributed by atoms with Gasteiger partial charge < -0.3 is 25.6 Å². The molecule has 132 valence electrons. The highest BCUT2D eigenvalue weighted by Crippen LogP contribution is 2.14. The summed E-state index contributed by atoms with van der Waals surface area (Å²) in [5.74, 6) is 3.50. The zero-order valence-corrected chi connectivity index (χ0v) is 14.0. The lowest BCUT2D eigenvalue weighted by Gasteiger charge is -2.23. The predicted molar refractivity (Wildman–Crippen MR) is 88.0 cm³/mol.